The zero-order chi connectivity index (χ0) is 29.5. The minimum absolute atomic E-state index is 0.193. The lowest BCUT2D eigenvalue weighted by molar-refractivity contribution is -0.133. The van der Waals surface area contributed by atoms with E-state index in [1.54, 1.807) is 26.4 Å². The van der Waals surface area contributed by atoms with Gasteiger partial charge in [0.1, 0.15) is 23.9 Å². The predicted molar refractivity (Wildman–Crippen MR) is 156 cm³/mol. The van der Waals surface area contributed by atoms with Gasteiger partial charge in [0.25, 0.3) is 11.8 Å². The van der Waals surface area contributed by atoms with Crippen molar-refractivity contribution in [3.05, 3.63) is 95.3 Å². The predicted octanol–water partition coefficient (Wildman–Crippen LogP) is 4.00. The molecule has 10 heteroatoms. The Kier molecular flexibility index (Phi) is 9.45. The first-order valence-corrected chi connectivity index (χ1v) is 14.0. The van der Waals surface area contributed by atoms with Gasteiger partial charge in [0, 0.05) is 49.8 Å². The second-order valence-corrected chi connectivity index (χ2v) is 10.2. The molecule has 0 spiro atoms. The molecule has 2 amide bonds. The monoisotopic (exact) mass is 574 g/mol. The highest BCUT2D eigenvalue weighted by molar-refractivity contribution is 6.05. The van der Waals surface area contributed by atoms with Crippen LogP contribution >= 0.6 is 0 Å². The number of carbonyl (C=O) groups is 2. The van der Waals surface area contributed by atoms with E-state index in [0.29, 0.717) is 49.9 Å². The molecular formula is C32H35FN4O5. The Bertz CT molecular complexity index is 1430. The summed E-state index contributed by atoms with van der Waals surface area (Å²) in [5.74, 6) is -0.0199. The van der Waals surface area contributed by atoms with E-state index in [1.165, 1.54) is 28.1 Å². The number of rotatable bonds is 10. The fourth-order valence-electron chi connectivity index (χ4n) is 5.25. The molecule has 0 saturated carbocycles. The molecule has 0 N–H and O–H groups in total. The van der Waals surface area contributed by atoms with Gasteiger partial charge in [-0.05, 0) is 35.9 Å². The number of morpholine rings is 1. The summed E-state index contributed by atoms with van der Waals surface area (Å²) in [6, 6.07) is 20.3. The topological polar surface area (TPSA) is 83.9 Å². The van der Waals surface area contributed by atoms with Crippen molar-refractivity contribution in [1.29, 1.82) is 0 Å². The summed E-state index contributed by atoms with van der Waals surface area (Å²) in [7, 11) is 3.17. The SMILES string of the molecule is COc1ccc(C2=NN(C(=O)CN(CCN3CCOCC3)C(=O)c3cccc(F)c3)C(c3ccccc3)C2)c(OC)c1. The van der Waals surface area contributed by atoms with Gasteiger partial charge < -0.3 is 19.1 Å². The first-order chi connectivity index (χ1) is 20.5. The molecule has 2 aliphatic heterocycles. The highest BCUT2D eigenvalue weighted by atomic mass is 19.1. The maximum atomic E-state index is 14.0. The van der Waals surface area contributed by atoms with Gasteiger partial charge in [-0.2, -0.15) is 5.10 Å². The van der Waals surface area contributed by atoms with Crippen molar-refractivity contribution in [3.8, 4) is 11.5 Å². The second-order valence-electron chi connectivity index (χ2n) is 10.2. The second kappa shape index (κ2) is 13.6. The molecule has 3 aromatic rings. The fraction of sp³-hybridized carbons (Fsp3) is 0.344. The smallest absolute Gasteiger partial charge is 0.262 e. The van der Waals surface area contributed by atoms with Crippen molar-refractivity contribution in [2.24, 2.45) is 5.10 Å². The van der Waals surface area contributed by atoms with Crippen molar-refractivity contribution in [2.45, 2.75) is 12.5 Å². The maximum absolute atomic E-state index is 14.0. The van der Waals surface area contributed by atoms with Crippen LogP contribution in [-0.2, 0) is 9.53 Å². The first-order valence-electron chi connectivity index (χ1n) is 14.0. The summed E-state index contributed by atoms with van der Waals surface area (Å²) in [5.41, 5.74) is 2.56. The zero-order valence-corrected chi connectivity index (χ0v) is 23.9. The van der Waals surface area contributed by atoms with Crippen molar-refractivity contribution in [3.63, 3.8) is 0 Å². The third-order valence-electron chi connectivity index (χ3n) is 7.54. The molecule has 1 saturated heterocycles. The van der Waals surface area contributed by atoms with Gasteiger partial charge in [-0.1, -0.05) is 36.4 Å². The minimum Gasteiger partial charge on any atom is -0.497 e. The van der Waals surface area contributed by atoms with Crippen LogP contribution in [0.1, 0.15) is 33.9 Å². The Labute approximate surface area is 245 Å². The minimum atomic E-state index is -0.508. The average Bonchev–Trinajstić information content (AvgIpc) is 3.49. The highest BCUT2D eigenvalue weighted by Crippen LogP contribution is 2.36. The number of benzene rings is 3. The molecule has 1 unspecified atom stereocenters. The largest absolute Gasteiger partial charge is 0.497 e. The summed E-state index contributed by atoms with van der Waals surface area (Å²) in [6.45, 7) is 3.39. The molecular weight excluding hydrogens is 539 g/mol. The van der Waals surface area contributed by atoms with Gasteiger partial charge in [-0.25, -0.2) is 9.40 Å². The van der Waals surface area contributed by atoms with Gasteiger partial charge in [0.05, 0.1) is 39.2 Å². The standard InChI is InChI=1S/C32H35FN4O5/c1-40-26-11-12-27(30(20-26)41-2)28-21-29(23-7-4-3-5-8-23)37(34-28)31(38)22-36(14-13-35-15-17-42-18-16-35)32(39)24-9-6-10-25(33)19-24/h3-12,19-20,29H,13-18,21-22H2,1-2H3. The maximum Gasteiger partial charge on any atom is 0.262 e. The number of ether oxygens (including phenoxy) is 3. The molecule has 0 aliphatic carbocycles. The van der Waals surface area contributed by atoms with E-state index in [0.717, 1.165) is 24.2 Å². The van der Waals surface area contributed by atoms with Crippen LogP contribution in [0.25, 0.3) is 0 Å². The zero-order valence-electron chi connectivity index (χ0n) is 23.9. The average molecular weight is 575 g/mol. The molecule has 9 nitrogen and oxygen atoms in total. The summed E-state index contributed by atoms with van der Waals surface area (Å²) in [4.78, 5) is 31.2. The lowest BCUT2D eigenvalue weighted by atomic mass is 9.98. The summed E-state index contributed by atoms with van der Waals surface area (Å²) in [6.07, 6.45) is 0.462. The summed E-state index contributed by atoms with van der Waals surface area (Å²) in [5, 5.41) is 6.25. The number of hydrazone groups is 1. The number of hydrogen-bond acceptors (Lipinski definition) is 7. The van der Waals surface area contributed by atoms with Crippen LogP contribution in [0.5, 0.6) is 11.5 Å². The van der Waals surface area contributed by atoms with Gasteiger partial charge in [-0.3, -0.25) is 14.5 Å². The number of methoxy groups -OCH3 is 2. The first kappa shape index (κ1) is 29.2. The molecule has 220 valence electrons. The van der Waals surface area contributed by atoms with Gasteiger partial charge in [-0.15, -0.1) is 0 Å². The number of halogens is 1. The number of hydrogen-bond donors (Lipinski definition) is 0. The highest BCUT2D eigenvalue weighted by Gasteiger charge is 2.35. The molecule has 2 aliphatic rings. The van der Waals surface area contributed by atoms with Crippen molar-refractivity contribution >= 4 is 17.5 Å². The van der Waals surface area contributed by atoms with Gasteiger partial charge in [0.2, 0.25) is 0 Å². The van der Waals surface area contributed by atoms with Crippen LogP contribution in [0.3, 0.4) is 0 Å². The molecule has 3 aromatic carbocycles. The number of nitrogens with zero attached hydrogens (tertiary/aromatic N) is 4. The Balaban J connectivity index is 1.43. The van der Waals surface area contributed by atoms with Gasteiger partial charge in [0.15, 0.2) is 0 Å². The molecule has 1 atom stereocenters. The van der Waals surface area contributed by atoms with E-state index in [-0.39, 0.29) is 24.1 Å². The van der Waals surface area contributed by atoms with Crippen LogP contribution in [0.4, 0.5) is 4.39 Å². The Morgan fingerprint density at radius 1 is 1.00 bits per heavy atom. The van der Waals surface area contributed by atoms with Crippen LogP contribution in [0, 0.1) is 5.82 Å². The van der Waals surface area contributed by atoms with Gasteiger partial charge >= 0.3 is 0 Å². The third-order valence-corrected chi connectivity index (χ3v) is 7.54. The lowest BCUT2D eigenvalue weighted by Crippen LogP contribution is -2.46. The Morgan fingerprint density at radius 2 is 1.79 bits per heavy atom. The molecule has 0 bridgehead atoms. The fourth-order valence-corrected chi connectivity index (χ4v) is 5.25. The van der Waals surface area contributed by atoms with Crippen LogP contribution in [0.15, 0.2) is 77.9 Å². The van der Waals surface area contributed by atoms with Crippen molar-refractivity contribution in [2.75, 3.05) is 60.2 Å². The van der Waals surface area contributed by atoms with E-state index >= 15 is 0 Å². The molecule has 0 aromatic heterocycles. The van der Waals surface area contributed by atoms with E-state index < -0.39 is 11.7 Å². The van der Waals surface area contributed by atoms with Crippen molar-refractivity contribution < 1.29 is 28.2 Å². The molecule has 5 rings (SSSR count). The van der Waals surface area contributed by atoms with Crippen molar-refractivity contribution in [1.82, 2.24) is 14.8 Å². The molecule has 42 heavy (non-hydrogen) atoms. The molecule has 2 heterocycles. The lowest BCUT2D eigenvalue weighted by Gasteiger charge is -2.31. The quantitative estimate of drug-likeness (QED) is 0.364. The number of amides is 2. The molecule has 1 fully saturated rings. The summed E-state index contributed by atoms with van der Waals surface area (Å²) >= 11 is 0. The molecule has 0 radical (unpaired) electrons. The third kappa shape index (κ3) is 6.78. The Hall–Kier alpha value is -4.28. The van der Waals surface area contributed by atoms with E-state index in [2.05, 4.69) is 4.90 Å². The van der Waals surface area contributed by atoms with Crippen LogP contribution in [0.2, 0.25) is 0 Å². The Morgan fingerprint density at radius 3 is 2.50 bits per heavy atom. The normalized spacial score (nSPS) is 17.1. The number of carbonyl (C=O) groups excluding carboxylic acids is 2. The van der Waals surface area contributed by atoms with Crippen LogP contribution < -0.4 is 9.47 Å². The van der Waals surface area contributed by atoms with E-state index in [1.807, 2.05) is 42.5 Å². The van der Waals surface area contributed by atoms with E-state index in [9.17, 15) is 14.0 Å². The summed E-state index contributed by atoms with van der Waals surface area (Å²) < 4.78 is 30.4. The van der Waals surface area contributed by atoms with E-state index in [4.69, 9.17) is 19.3 Å². The van der Waals surface area contributed by atoms with Crippen LogP contribution in [-0.4, -0.2) is 92.5 Å².